The van der Waals surface area contributed by atoms with Crippen LogP contribution in [-0.2, 0) is 9.53 Å². The minimum atomic E-state index is -1.01. The van der Waals surface area contributed by atoms with Crippen molar-refractivity contribution in [1.82, 2.24) is 0 Å². The van der Waals surface area contributed by atoms with Crippen LogP contribution in [0.2, 0.25) is 0 Å². The third kappa shape index (κ3) is 7.23. The second kappa shape index (κ2) is 11.5. The van der Waals surface area contributed by atoms with Crippen LogP contribution in [0.3, 0.4) is 0 Å². The van der Waals surface area contributed by atoms with Gasteiger partial charge in [0.15, 0.2) is 11.5 Å². The molecular weight excluding hydrogens is 430 g/mol. The Kier molecular flexibility index (Phi) is 9.02. The standard InChI is InChI=1S/C24H29NO6S/c1-24(2,14-6-5-7-21(27)28)22(16-8-13-20(30-3)19(26)15-16)31-23(29)25-17-9-11-18(32-4)12-10-17/h5,7-13,15,22,26H,6,14H2,1-4H3,(H,25,29)(H,27,28)/b7-5+/t22-/m1/s1. The fourth-order valence-electron chi connectivity index (χ4n) is 3.25. The van der Waals surface area contributed by atoms with E-state index in [1.54, 1.807) is 42.1 Å². The molecule has 3 N–H and O–H groups in total. The average molecular weight is 460 g/mol. The summed E-state index contributed by atoms with van der Waals surface area (Å²) in [6, 6.07) is 12.3. The van der Waals surface area contributed by atoms with Gasteiger partial charge in [0.25, 0.3) is 0 Å². The van der Waals surface area contributed by atoms with Gasteiger partial charge >= 0.3 is 12.1 Å². The highest BCUT2D eigenvalue weighted by atomic mass is 32.2. The monoisotopic (exact) mass is 459 g/mol. The number of nitrogens with one attached hydrogen (secondary N) is 1. The van der Waals surface area contributed by atoms with Gasteiger partial charge in [-0.15, -0.1) is 11.8 Å². The lowest BCUT2D eigenvalue weighted by Gasteiger charge is -2.34. The van der Waals surface area contributed by atoms with E-state index in [4.69, 9.17) is 14.6 Å². The molecule has 0 heterocycles. The molecule has 0 bridgehead atoms. The summed E-state index contributed by atoms with van der Waals surface area (Å²) in [4.78, 5) is 24.5. The molecule has 0 radical (unpaired) electrons. The summed E-state index contributed by atoms with van der Waals surface area (Å²) in [5, 5.41) is 21.8. The SMILES string of the molecule is COc1ccc([C@@H](OC(=O)Nc2ccc(SC)cc2)C(C)(C)CC/C=C/C(=O)O)cc1O. The lowest BCUT2D eigenvalue weighted by atomic mass is 9.78. The first-order valence-corrected chi connectivity index (χ1v) is 11.3. The maximum Gasteiger partial charge on any atom is 0.412 e. The van der Waals surface area contributed by atoms with Crippen molar-refractivity contribution in [2.75, 3.05) is 18.7 Å². The first-order valence-electron chi connectivity index (χ1n) is 10.0. The van der Waals surface area contributed by atoms with Gasteiger partial charge in [-0.25, -0.2) is 9.59 Å². The summed E-state index contributed by atoms with van der Waals surface area (Å²) in [7, 11) is 1.46. The number of carboxylic acid groups (broad SMARTS) is 1. The highest BCUT2D eigenvalue weighted by molar-refractivity contribution is 7.98. The molecule has 1 atom stereocenters. The average Bonchev–Trinajstić information content (AvgIpc) is 2.75. The number of aliphatic carboxylic acids is 1. The van der Waals surface area contributed by atoms with Crippen molar-refractivity contribution in [2.24, 2.45) is 5.41 Å². The van der Waals surface area contributed by atoms with E-state index in [1.807, 2.05) is 32.2 Å². The molecule has 7 nitrogen and oxygen atoms in total. The second-order valence-corrected chi connectivity index (χ2v) is 8.72. The van der Waals surface area contributed by atoms with Crippen LogP contribution >= 0.6 is 11.8 Å². The van der Waals surface area contributed by atoms with E-state index in [2.05, 4.69) is 5.32 Å². The number of thioether (sulfide) groups is 1. The van der Waals surface area contributed by atoms with Gasteiger partial charge in [-0.3, -0.25) is 5.32 Å². The highest BCUT2D eigenvalue weighted by Gasteiger charge is 2.34. The topological polar surface area (TPSA) is 105 Å². The van der Waals surface area contributed by atoms with Gasteiger partial charge in [0.05, 0.1) is 7.11 Å². The zero-order chi connectivity index (χ0) is 23.7. The number of methoxy groups -OCH3 is 1. The van der Waals surface area contributed by atoms with Gasteiger partial charge in [-0.2, -0.15) is 0 Å². The van der Waals surface area contributed by atoms with Gasteiger partial charge in [0.2, 0.25) is 0 Å². The number of phenolic OH excluding ortho intramolecular Hbond substituents is 1. The number of aromatic hydroxyl groups is 1. The van der Waals surface area contributed by atoms with Crippen LogP contribution in [0.5, 0.6) is 11.5 Å². The molecule has 0 aliphatic carbocycles. The third-order valence-electron chi connectivity index (χ3n) is 4.99. The van der Waals surface area contributed by atoms with Crippen LogP contribution in [0.25, 0.3) is 0 Å². The van der Waals surface area contributed by atoms with Crippen molar-refractivity contribution in [3.63, 3.8) is 0 Å². The van der Waals surface area contributed by atoms with Gasteiger partial charge < -0.3 is 19.7 Å². The molecule has 2 aromatic rings. The summed E-state index contributed by atoms with van der Waals surface area (Å²) in [5.74, 6) is -0.760. The minimum Gasteiger partial charge on any atom is -0.504 e. The number of carboxylic acids is 1. The number of allylic oxidation sites excluding steroid dienone is 1. The number of phenols is 1. The van der Waals surface area contributed by atoms with Crippen molar-refractivity contribution in [3.05, 3.63) is 60.2 Å². The quantitative estimate of drug-likeness (QED) is 0.302. The molecule has 0 saturated carbocycles. The van der Waals surface area contributed by atoms with E-state index in [-0.39, 0.29) is 5.75 Å². The van der Waals surface area contributed by atoms with Gasteiger partial charge in [0.1, 0.15) is 6.10 Å². The summed E-state index contributed by atoms with van der Waals surface area (Å²) in [5.41, 5.74) is 0.638. The van der Waals surface area contributed by atoms with Crippen LogP contribution < -0.4 is 10.1 Å². The molecule has 0 aliphatic rings. The van der Waals surface area contributed by atoms with Crippen molar-refractivity contribution in [2.45, 2.75) is 37.7 Å². The summed E-state index contributed by atoms with van der Waals surface area (Å²) in [6.07, 6.45) is 4.33. The fourth-order valence-corrected chi connectivity index (χ4v) is 3.66. The number of amides is 1. The molecule has 32 heavy (non-hydrogen) atoms. The maximum absolute atomic E-state index is 12.7. The van der Waals surface area contributed by atoms with Crippen LogP contribution in [0, 0.1) is 5.41 Å². The fraction of sp³-hybridized carbons (Fsp3) is 0.333. The Labute approximate surface area is 192 Å². The smallest absolute Gasteiger partial charge is 0.412 e. The zero-order valence-electron chi connectivity index (χ0n) is 18.6. The Morgan fingerprint density at radius 1 is 1.19 bits per heavy atom. The number of hydrogen-bond donors (Lipinski definition) is 3. The number of carbonyl (C=O) groups is 2. The third-order valence-corrected chi connectivity index (χ3v) is 5.74. The first-order chi connectivity index (χ1) is 15.2. The Balaban J connectivity index is 2.24. The molecule has 0 fully saturated rings. The molecule has 0 saturated heterocycles. The predicted octanol–water partition coefficient (Wildman–Crippen LogP) is 5.86. The molecule has 2 rings (SSSR count). The molecule has 1 amide bonds. The molecule has 0 unspecified atom stereocenters. The number of ether oxygens (including phenoxy) is 2. The van der Waals surface area contributed by atoms with E-state index in [0.29, 0.717) is 29.8 Å². The lowest BCUT2D eigenvalue weighted by molar-refractivity contribution is -0.131. The minimum absolute atomic E-state index is 0.0618. The summed E-state index contributed by atoms with van der Waals surface area (Å²) < 4.78 is 10.9. The van der Waals surface area contributed by atoms with Crippen molar-refractivity contribution < 1.29 is 29.3 Å². The molecule has 0 aromatic heterocycles. The Bertz CT molecular complexity index is 955. The number of benzene rings is 2. The normalized spacial score (nSPS) is 12.4. The Morgan fingerprint density at radius 2 is 1.88 bits per heavy atom. The molecule has 0 spiro atoms. The predicted molar refractivity (Wildman–Crippen MR) is 126 cm³/mol. The second-order valence-electron chi connectivity index (χ2n) is 7.84. The molecule has 172 valence electrons. The Morgan fingerprint density at radius 3 is 2.44 bits per heavy atom. The molecule has 0 aliphatic heterocycles. The van der Waals surface area contributed by atoms with Crippen molar-refractivity contribution in [1.29, 1.82) is 0 Å². The molecule has 8 heteroatoms. The van der Waals surface area contributed by atoms with Gasteiger partial charge in [-0.05, 0) is 61.1 Å². The zero-order valence-corrected chi connectivity index (χ0v) is 19.4. The van der Waals surface area contributed by atoms with E-state index < -0.39 is 23.6 Å². The van der Waals surface area contributed by atoms with E-state index in [9.17, 15) is 14.7 Å². The molecule has 2 aromatic carbocycles. The van der Waals surface area contributed by atoms with Crippen molar-refractivity contribution >= 4 is 29.5 Å². The maximum atomic E-state index is 12.7. The number of anilines is 1. The van der Waals surface area contributed by atoms with E-state index in [0.717, 1.165) is 11.0 Å². The molecular formula is C24H29NO6S. The van der Waals surface area contributed by atoms with E-state index >= 15 is 0 Å². The largest absolute Gasteiger partial charge is 0.504 e. The van der Waals surface area contributed by atoms with Gasteiger partial charge in [-0.1, -0.05) is 26.0 Å². The van der Waals surface area contributed by atoms with Crippen molar-refractivity contribution in [3.8, 4) is 11.5 Å². The Hall–Kier alpha value is -3.13. The highest BCUT2D eigenvalue weighted by Crippen LogP contribution is 2.42. The lowest BCUT2D eigenvalue weighted by Crippen LogP contribution is -2.29. The van der Waals surface area contributed by atoms with Crippen LogP contribution in [-0.4, -0.2) is 35.6 Å². The van der Waals surface area contributed by atoms with Crippen LogP contribution in [0.4, 0.5) is 10.5 Å². The van der Waals surface area contributed by atoms with Gasteiger partial charge in [0, 0.05) is 22.1 Å². The van der Waals surface area contributed by atoms with Crippen LogP contribution in [0.1, 0.15) is 38.4 Å². The van der Waals surface area contributed by atoms with E-state index in [1.165, 1.54) is 13.2 Å². The summed E-state index contributed by atoms with van der Waals surface area (Å²) >= 11 is 1.60. The number of hydrogen-bond acceptors (Lipinski definition) is 6. The first kappa shape index (κ1) is 25.1. The summed E-state index contributed by atoms with van der Waals surface area (Å²) in [6.45, 7) is 3.85. The number of rotatable bonds is 10. The number of carbonyl (C=O) groups excluding carboxylic acids is 1. The van der Waals surface area contributed by atoms with Crippen LogP contribution in [0.15, 0.2) is 59.5 Å².